The summed E-state index contributed by atoms with van der Waals surface area (Å²) >= 11 is 0. The minimum atomic E-state index is -0.481. The van der Waals surface area contributed by atoms with E-state index in [9.17, 15) is 4.79 Å². The summed E-state index contributed by atoms with van der Waals surface area (Å²) in [6.07, 6.45) is 2.36. The predicted molar refractivity (Wildman–Crippen MR) is 117 cm³/mol. The molecule has 0 aromatic heterocycles. The number of carbonyl (C=O) groups is 1. The Morgan fingerprint density at radius 2 is 1.37 bits per heavy atom. The van der Waals surface area contributed by atoms with Crippen molar-refractivity contribution in [3.8, 4) is 0 Å². The maximum atomic E-state index is 11.6. The molecule has 0 amide bonds. The highest BCUT2D eigenvalue weighted by atomic mass is 28.2. The van der Waals surface area contributed by atoms with Crippen molar-refractivity contribution < 1.29 is 9.22 Å². The number of ketones is 1. The molecule has 0 N–H and O–H groups in total. The molecule has 27 heavy (non-hydrogen) atoms. The molecule has 0 radical (unpaired) electrons. The monoisotopic (exact) mass is 382 g/mol. The van der Waals surface area contributed by atoms with Gasteiger partial charge in [-0.3, -0.25) is 0 Å². The van der Waals surface area contributed by atoms with Crippen LogP contribution in [0, 0.1) is 5.41 Å². The van der Waals surface area contributed by atoms with E-state index >= 15 is 0 Å². The minimum Gasteiger partial charge on any atom is -0.417 e. The van der Waals surface area contributed by atoms with Gasteiger partial charge in [-0.2, -0.15) is 0 Å². The lowest BCUT2D eigenvalue weighted by atomic mass is 9.54. The molecule has 2 unspecified atom stereocenters. The summed E-state index contributed by atoms with van der Waals surface area (Å²) in [7, 11) is 0.632. The molecule has 0 bridgehead atoms. The van der Waals surface area contributed by atoms with E-state index in [1.54, 1.807) is 6.92 Å². The Kier molecular flexibility index (Phi) is 6.82. The van der Waals surface area contributed by atoms with E-state index in [2.05, 4.69) is 88.4 Å². The van der Waals surface area contributed by atoms with E-state index in [4.69, 9.17) is 4.43 Å². The van der Waals surface area contributed by atoms with Crippen molar-refractivity contribution in [1.29, 1.82) is 0 Å². The average Bonchev–Trinajstić information content (AvgIpc) is 2.63. The van der Waals surface area contributed by atoms with Crippen molar-refractivity contribution in [3.63, 3.8) is 0 Å². The van der Waals surface area contributed by atoms with Gasteiger partial charge in [-0.05, 0) is 36.3 Å². The van der Waals surface area contributed by atoms with Crippen LogP contribution < -0.4 is 0 Å². The summed E-state index contributed by atoms with van der Waals surface area (Å²) in [5.74, 6) is 0.248. The van der Waals surface area contributed by atoms with E-state index in [1.165, 1.54) is 11.1 Å². The van der Waals surface area contributed by atoms with Gasteiger partial charge in [0.15, 0.2) is 0 Å². The van der Waals surface area contributed by atoms with Gasteiger partial charge in [-0.15, -0.1) is 0 Å². The molecule has 0 aliphatic carbocycles. The first-order valence-electron chi connectivity index (χ1n) is 9.84. The molecule has 2 nitrogen and oxygen atoms in total. The topological polar surface area (TPSA) is 26.3 Å². The van der Waals surface area contributed by atoms with Crippen molar-refractivity contribution in [2.24, 2.45) is 5.41 Å². The number of hydrogen-bond acceptors (Lipinski definition) is 2. The van der Waals surface area contributed by atoms with Gasteiger partial charge in [0.05, 0.1) is 5.60 Å². The maximum absolute atomic E-state index is 11.6. The first kappa shape index (κ1) is 21.6. The summed E-state index contributed by atoms with van der Waals surface area (Å²) in [5, 5.41) is 0. The van der Waals surface area contributed by atoms with Gasteiger partial charge in [0.2, 0.25) is 0 Å². The molecule has 0 saturated carbocycles. The zero-order valence-corrected chi connectivity index (χ0v) is 19.7. The van der Waals surface area contributed by atoms with Gasteiger partial charge in [0.1, 0.15) is 16.3 Å². The lowest BCUT2D eigenvalue weighted by Gasteiger charge is -2.56. The number of Topliss-reactive ketones (excluding diaryl/α,β-unsaturated/α-hetero) is 1. The number of hydrogen-bond donors (Lipinski definition) is 0. The second-order valence-corrected chi connectivity index (χ2v) is 9.16. The second kappa shape index (κ2) is 8.53. The van der Waals surface area contributed by atoms with Crippen molar-refractivity contribution in [2.75, 3.05) is 0 Å². The van der Waals surface area contributed by atoms with Crippen LogP contribution in [0.2, 0.25) is 0 Å². The molecule has 0 saturated heterocycles. The minimum absolute atomic E-state index is 0.128. The van der Waals surface area contributed by atoms with Gasteiger partial charge in [0.25, 0.3) is 0 Å². The molecule has 2 rings (SSSR count). The molecular weight excluding hydrogens is 348 g/mol. The summed E-state index contributed by atoms with van der Waals surface area (Å²) < 4.78 is 6.62. The number of rotatable bonds is 8. The van der Waals surface area contributed by atoms with Gasteiger partial charge < -0.3 is 9.22 Å². The lowest BCUT2D eigenvalue weighted by Crippen LogP contribution is -2.57. The van der Waals surface area contributed by atoms with E-state index < -0.39 is 5.60 Å². The molecule has 3 heteroatoms. The Hall–Kier alpha value is -1.71. The zero-order chi connectivity index (χ0) is 20.1. The van der Waals surface area contributed by atoms with Crippen LogP contribution in [0.25, 0.3) is 0 Å². The molecule has 146 valence electrons. The van der Waals surface area contributed by atoms with Crippen LogP contribution >= 0.6 is 0 Å². The van der Waals surface area contributed by atoms with Crippen molar-refractivity contribution in [3.05, 3.63) is 71.8 Å². The molecule has 0 aliphatic rings. The zero-order valence-electron chi connectivity index (χ0n) is 17.7. The second-order valence-electron chi connectivity index (χ2n) is 8.76. The quantitative estimate of drug-likeness (QED) is 0.604. The van der Waals surface area contributed by atoms with E-state index in [0.717, 1.165) is 12.8 Å². The summed E-state index contributed by atoms with van der Waals surface area (Å²) in [5.41, 5.74) is 1.61. The molecule has 2 aromatic carbocycles. The molecule has 0 aliphatic heterocycles. The highest BCUT2D eigenvalue weighted by Gasteiger charge is 2.56. The molecule has 0 fully saturated rings. The van der Waals surface area contributed by atoms with Crippen LogP contribution in [-0.2, 0) is 20.2 Å². The van der Waals surface area contributed by atoms with Crippen LogP contribution in [0.5, 0.6) is 0 Å². The molecule has 0 spiro atoms. The maximum Gasteiger partial charge on any atom is 0.147 e. The third kappa shape index (κ3) is 4.09. The van der Waals surface area contributed by atoms with Crippen LogP contribution in [0.4, 0.5) is 0 Å². The average molecular weight is 383 g/mol. The van der Waals surface area contributed by atoms with E-state index in [1.807, 2.05) is 0 Å². The first-order chi connectivity index (χ1) is 12.7. The molecule has 0 heterocycles. The highest BCUT2D eigenvalue weighted by Crippen LogP contribution is 2.57. The normalized spacial score (nSPS) is 16.5. The Bertz CT molecular complexity index is 736. The fourth-order valence-corrected chi connectivity index (χ4v) is 6.22. The molecule has 2 atom stereocenters. The lowest BCUT2D eigenvalue weighted by molar-refractivity contribution is -0.118. The van der Waals surface area contributed by atoms with Crippen molar-refractivity contribution in [2.45, 2.75) is 64.9 Å². The fourth-order valence-electron chi connectivity index (χ4n) is 4.92. The van der Waals surface area contributed by atoms with Crippen molar-refractivity contribution >= 4 is 16.3 Å². The van der Waals surface area contributed by atoms with E-state index in [-0.39, 0.29) is 16.6 Å². The third-order valence-electron chi connectivity index (χ3n) is 5.94. The Labute approximate surface area is 167 Å². The van der Waals surface area contributed by atoms with Gasteiger partial charge >= 0.3 is 0 Å². The standard InChI is InChI=1S/C24H34O2Si/c1-19(25)13-12-18-23(5,20-14-8-6-9-15-20)24(26-27,22(2,3)4)21-16-10-7-11-17-21/h6-11,14-17H,12-13,18H2,1-5,27H3. The van der Waals surface area contributed by atoms with Crippen LogP contribution in [0.15, 0.2) is 60.7 Å². The molecule has 2 aromatic rings. The SMILES string of the molecule is CC(=O)CCCC(C)(c1ccccc1)C(O[SiH3])(c1ccccc1)C(C)(C)C. The summed E-state index contributed by atoms with van der Waals surface area (Å²) in [6, 6.07) is 21.3. The van der Waals surface area contributed by atoms with Crippen LogP contribution in [0.3, 0.4) is 0 Å². The molecular formula is C24H34O2Si. The van der Waals surface area contributed by atoms with Gasteiger partial charge in [-0.25, -0.2) is 0 Å². The number of benzene rings is 2. The first-order valence-corrected chi connectivity index (χ1v) is 10.7. The Morgan fingerprint density at radius 1 is 0.889 bits per heavy atom. The van der Waals surface area contributed by atoms with Crippen molar-refractivity contribution in [1.82, 2.24) is 0 Å². The fraction of sp³-hybridized carbons (Fsp3) is 0.458. The summed E-state index contributed by atoms with van der Waals surface area (Å²) in [6.45, 7) is 10.8. The van der Waals surface area contributed by atoms with Gasteiger partial charge in [0, 0.05) is 11.8 Å². The van der Waals surface area contributed by atoms with Crippen LogP contribution in [-0.4, -0.2) is 16.3 Å². The predicted octanol–water partition coefficient (Wildman–Crippen LogP) is 4.94. The van der Waals surface area contributed by atoms with Gasteiger partial charge in [-0.1, -0.05) is 88.4 Å². The summed E-state index contributed by atoms with van der Waals surface area (Å²) in [4.78, 5) is 11.6. The highest BCUT2D eigenvalue weighted by molar-refractivity contribution is 5.98. The van der Waals surface area contributed by atoms with E-state index in [0.29, 0.717) is 16.9 Å². The Morgan fingerprint density at radius 3 is 1.78 bits per heavy atom. The van der Waals surface area contributed by atoms with Crippen LogP contribution in [0.1, 0.15) is 65.0 Å². The number of carbonyl (C=O) groups excluding carboxylic acids is 1. The third-order valence-corrected chi connectivity index (χ3v) is 6.55. The smallest absolute Gasteiger partial charge is 0.147 e. The largest absolute Gasteiger partial charge is 0.417 e. The Balaban J connectivity index is 2.72.